The molecule has 0 spiro atoms. The highest BCUT2D eigenvalue weighted by Gasteiger charge is 2.38. The van der Waals surface area contributed by atoms with E-state index in [1.807, 2.05) is 13.8 Å². The van der Waals surface area contributed by atoms with Gasteiger partial charge in [-0.3, -0.25) is 10.2 Å². The molecule has 144 valence electrons. The van der Waals surface area contributed by atoms with Gasteiger partial charge in [-0.25, -0.2) is 0 Å². The number of unbranched alkanes of at least 4 members (excludes halogenated alkanes) is 5. The van der Waals surface area contributed by atoms with Gasteiger partial charge >= 0.3 is 0 Å². The molecule has 1 amide bonds. The fourth-order valence-electron chi connectivity index (χ4n) is 3.74. The average Bonchev–Trinajstić information content (AvgIpc) is 2.92. The molecule has 27 heavy (non-hydrogen) atoms. The Hall–Kier alpha value is -2.29. The van der Waals surface area contributed by atoms with E-state index in [2.05, 4.69) is 60.2 Å². The van der Waals surface area contributed by atoms with Crippen LogP contribution < -0.4 is 10.9 Å². The zero-order chi connectivity index (χ0) is 19.3. The Kier molecular flexibility index (Phi) is 6.20. The van der Waals surface area contributed by atoms with E-state index in [0.717, 1.165) is 12.1 Å². The van der Waals surface area contributed by atoms with E-state index in [-0.39, 0.29) is 5.91 Å². The van der Waals surface area contributed by atoms with Crippen molar-refractivity contribution in [1.82, 2.24) is 10.9 Å². The summed E-state index contributed by atoms with van der Waals surface area (Å²) in [6.45, 7) is 6.19. The molecule has 1 aliphatic rings. The normalized spacial score (nSPS) is 17.3. The first-order valence-corrected chi connectivity index (χ1v) is 10.3. The van der Waals surface area contributed by atoms with Crippen LogP contribution in [0.3, 0.4) is 0 Å². The van der Waals surface area contributed by atoms with Crippen LogP contribution in [0.1, 0.15) is 70.4 Å². The number of hydrogen-bond acceptors (Lipinski definition) is 2. The van der Waals surface area contributed by atoms with Gasteiger partial charge in [0.15, 0.2) is 0 Å². The summed E-state index contributed by atoms with van der Waals surface area (Å²) in [5.41, 5.74) is 8.87. The van der Waals surface area contributed by atoms with Gasteiger partial charge in [-0.1, -0.05) is 75.4 Å². The van der Waals surface area contributed by atoms with Gasteiger partial charge in [-0.05, 0) is 54.7 Å². The van der Waals surface area contributed by atoms with Crippen molar-refractivity contribution in [3.63, 3.8) is 0 Å². The molecule has 2 aromatic rings. The Morgan fingerprint density at radius 2 is 1.67 bits per heavy atom. The molecule has 3 rings (SSSR count). The fourth-order valence-corrected chi connectivity index (χ4v) is 3.74. The van der Waals surface area contributed by atoms with Gasteiger partial charge in [0, 0.05) is 5.70 Å². The number of fused-ring (bicyclic) bond motifs is 1. The lowest BCUT2D eigenvalue weighted by atomic mass is 9.87. The van der Waals surface area contributed by atoms with Crippen LogP contribution in [0.2, 0.25) is 0 Å². The molecule has 0 atom stereocenters. The minimum absolute atomic E-state index is 0.0199. The van der Waals surface area contributed by atoms with E-state index in [1.165, 1.54) is 60.4 Å². The van der Waals surface area contributed by atoms with Gasteiger partial charge in [0.1, 0.15) is 0 Å². The lowest BCUT2D eigenvalue weighted by Crippen LogP contribution is -2.28. The maximum absolute atomic E-state index is 12.1. The second-order valence-electron chi connectivity index (χ2n) is 8.14. The Morgan fingerprint density at radius 1 is 0.926 bits per heavy atom. The number of hydrogen-bond donors (Lipinski definition) is 2. The summed E-state index contributed by atoms with van der Waals surface area (Å²) >= 11 is 0. The standard InChI is InChI=1S/C24H32N2O/c1-4-5-6-7-8-9-12-19-16-15-18-13-10-11-14-20(18)21(19)17-22-24(2,3)23(27)26-25-22/h10-11,13-17,25H,4-9,12H2,1-3H3,(H,26,27)/b22-17-. The zero-order valence-corrected chi connectivity index (χ0v) is 16.9. The molecule has 3 nitrogen and oxygen atoms in total. The molecule has 1 aliphatic heterocycles. The third-order valence-electron chi connectivity index (χ3n) is 5.70. The molecule has 0 aliphatic carbocycles. The number of nitrogens with one attached hydrogen (secondary N) is 2. The van der Waals surface area contributed by atoms with Gasteiger partial charge < -0.3 is 5.43 Å². The predicted molar refractivity (Wildman–Crippen MR) is 114 cm³/mol. The molecule has 1 heterocycles. The Bertz CT molecular complexity index is 835. The lowest BCUT2D eigenvalue weighted by molar-refractivity contribution is -0.125. The fraction of sp³-hybridized carbons (Fsp3) is 0.458. The number of hydrazine groups is 1. The third kappa shape index (κ3) is 4.35. The summed E-state index contributed by atoms with van der Waals surface area (Å²) in [5.74, 6) is 0.0199. The number of amides is 1. The van der Waals surface area contributed by atoms with Gasteiger partial charge in [-0.2, -0.15) is 0 Å². The number of benzene rings is 2. The van der Waals surface area contributed by atoms with Crippen molar-refractivity contribution in [3.8, 4) is 0 Å². The molecule has 1 fully saturated rings. The molecule has 0 bridgehead atoms. The Morgan fingerprint density at radius 3 is 2.41 bits per heavy atom. The minimum Gasteiger partial charge on any atom is -0.302 e. The predicted octanol–water partition coefficient (Wildman–Crippen LogP) is 5.74. The van der Waals surface area contributed by atoms with Crippen LogP contribution in [0, 0.1) is 5.41 Å². The van der Waals surface area contributed by atoms with Gasteiger partial charge in [0.05, 0.1) is 5.41 Å². The monoisotopic (exact) mass is 364 g/mol. The summed E-state index contributed by atoms with van der Waals surface area (Å²) in [5, 5.41) is 2.50. The van der Waals surface area contributed by atoms with Crippen LogP contribution in [-0.2, 0) is 11.2 Å². The summed E-state index contributed by atoms with van der Waals surface area (Å²) in [4.78, 5) is 12.1. The van der Waals surface area contributed by atoms with E-state index < -0.39 is 5.41 Å². The molecule has 0 saturated carbocycles. The minimum atomic E-state index is -0.533. The largest absolute Gasteiger partial charge is 0.302 e. The van der Waals surface area contributed by atoms with Crippen LogP contribution in [-0.4, -0.2) is 5.91 Å². The van der Waals surface area contributed by atoms with E-state index in [1.54, 1.807) is 0 Å². The quantitative estimate of drug-likeness (QED) is 0.586. The highest BCUT2D eigenvalue weighted by Crippen LogP contribution is 2.33. The molecular formula is C24H32N2O. The summed E-state index contributed by atoms with van der Waals surface area (Å²) in [7, 11) is 0. The van der Waals surface area contributed by atoms with Crippen molar-refractivity contribution in [2.75, 3.05) is 0 Å². The second-order valence-corrected chi connectivity index (χ2v) is 8.14. The topological polar surface area (TPSA) is 41.1 Å². The summed E-state index contributed by atoms with van der Waals surface area (Å²) in [6.07, 6.45) is 11.1. The molecule has 1 saturated heterocycles. The van der Waals surface area contributed by atoms with Crippen molar-refractivity contribution in [2.45, 2.75) is 65.7 Å². The third-order valence-corrected chi connectivity index (χ3v) is 5.70. The first-order valence-electron chi connectivity index (χ1n) is 10.3. The molecule has 0 unspecified atom stereocenters. The maximum atomic E-state index is 12.1. The molecule has 0 radical (unpaired) electrons. The highest BCUT2D eigenvalue weighted by molar-refractivity contribution is 5.95. The van der Waals surface area contributed by atoms with E-state index in [4.69, 9.17) is 0 Å². The molecule has 2 aromatic carbocycles. The summed E-state index contributed by atoms with van der Waals surface area (Å²) < 4.78 is 0. The van der Waals surface area contributed by atoms with Crippen molar-refractivity contribution in [2.24, 2.45) is 5.41 Å². The van der Waals surface area contributed by atoms with Crippen LogP contribution in [0.15, 0.2) is 42.1 Å². The first kappa shape index (κ1) is 19.5. The van der Waals surface area contributed by atoms with Crippen LogP contribution in [0.4, 0.5) is 0 Å². The van der Waals surface area contributed by atoms with Crippen LogP contribution in [0.5, 0.6) is 0 Å². The van der Waals surface area contributed by atoms with Gasteiger partial charge in [-0.15, -0.1) is 0 Å². The molecular weight excluding hydrogens is 332 g/mol. The van der Waals surface area contributed by atoms with Crippen molar-refractivity contribution < 1.29 is 4.79 Å². The molecule has 3 heteroatoms. The number of carbonyl (C=O) groups is 1. The zero-order valence-electron chi connectivity index (χ0n) is 16.9. The Balaban J connectivity index is 1.88. The number of rotatable bonds is 8. The summed E-state index contributed by atoms with van der Waals surface area (Å²) in [6, 6.07) is 13.0. The van der Waals surface area contributed by atoms with Gasteiger partial charge in [0.25, 0.3) is 0 Å². The second kappa shape index (κ2) is 8.60. The molecule has 0 aromatic heterocycles. The highest BCUT2D eigenvalue weighted by atomic mass is 16.2. The average molecular weight is 365 g/mol. The number of carbonyl (C=O) groups excluding carboxylic acids is 1. The SMILES string of the molecule is CCCCCCCCc1ccc2ccccc2c1/C=C1\NNC(=O)C1(C)C. The van der Waals surface area contributed by atoms with E-state index in [0.29, 0.717) is 0 Å². The van der Waals surface area contributed by atoms with E-state index in [9.17, 15) is 4.79 Å². The molecule has 2 N–H and O–H groups in total. The van der Waals surface area contributed by atoms with Crippen molar-refractivity contribution >= 4 is 22.8 Å². The van der Waals surface area contributed by atoms with Gasteiger partial charge in [0.2, 0.25) is 5.91 Å². The lowest BCUT2D eigenvalue weighted by Gasteiger charge is -2.17. The van der Waals surface area contributed by atoms with Crippen molar-refractivity contribution in [1.29, 1.82) is 0 Å². The van der Waals surface area contributed by atoms with E-state index >= 15 is 0 Å². The Labute approximate surface area is 163 Å². The van der Waals surface area contributed by atoms with Crippen molar-refractivity contribution in [3.05, 3.63) is 53.2 Å². The number of aryl methyl sites for hydroxylation is 1. The maximum Gasteiger partial charge on any atom is 0.249 e. The smallest absolute Gasteiger partial charge is 0.249 e. The van der Waals surface area contributed by atoms with Crippen LogP contribution >= 0.6 is 0 Å². The van der Waals surface area contributed by atoms with Crippen LogP contribution in [0.25, 0.3) is 16.8 Å². The first-order chi connectivity index (χ1) is 13.0.